The molecule has 1 atom stereocenters. The van der Waals surface area contributed by atoms with Crippen LogP contribution < -0.4 is 0 Å². The zero-order valence-corrected chi connectivity index (χ0v) is 9.19. The van der Waals surface area contributed by atoms with Crippen molar-refractivity contribution in [1.82, 2.24) is 25.1 Å². The van der Waals surface area contributed by atoms with E-state index in [1.807, 2.05) is 4.68 Å². The van der Waals surface area contributed by atoms with Crippen LogP contribution in [0.5, 0.6) is 0 Å². The average molecular weight is 213 g/mol. The number of rotatable bonds is 2. The lowest BCUT2D eigenvalue weighted by atomic mass is 10.1. The summed E-state index contributed by atoms with van der Waals surface area (Å²) < 4.78 is 1.82. The van der Waals surface area contributed by atoms with Gasteiger partial charge in [-0.15, -0.1) is 17.7 Å². The van der Waals surface area contributed by atoms with Gasteiger partial charge in [-0.3, -0.25) is 0 Å². The van der Waals surface area contributed by atoms with Crippen molar-refractivity contribution in [2.24, 2.45) is 0 Å². The summed E-state index contributed by atoms with van der Waals surface area (Å²) in [4.78, 5) is 2.42. The Hall–Kier alpha value is -0.620. The van der Waals surface area contributed by atoms with Crippen LogP contribution in [0.15, 0.2) is 5.16 Å². The van der Waals surface area contributed by atoms with Crippen molar-refractivity contribution >= 4 is 12.6 Å². The molecular weight excluding hydrogens is 198 g/mol. The lowest BCUT2D eigenvalue weighted by molar-refractivity contribution is 0.170. The summed E-state index contributed by atoms with van der Waals surface area (Å²) in [5, 5.41) is 12.0. The third-order valence-corrected chi connectivity index (χ3v) is 3.04. The van der Waals surface area contributed by atoms with Crippen LogP contribution in [-0.4, -0.2) is 44.7 Å². The second kappa shape index (κ2) is 4.27. The fourth-order valence-electron chi connectivity index (χ4n) is 1.94. The van der Waals surface area contributed by atoms with Gasteiger partial charge >= 0.3 is 0 Å². The first kappa shape index (κ1) is 9.92. The van der Waals surface area contributed by atoms with Crippen LogP contribution in [0, 0.1) is 0 Å². The van der Waals surface area contributed by atoms with Gasteiger partial charge in [0.1, 0.15) is 0 Å². The van der Waals surface area contributed by atoms with Gasteiger partial charge in [-0.2, -0.15) is 0 Å². The number of thiol groups is 1. The molecule has 6 heteroatoms. The molecule has 5 nitrogen and oxygen atoms in total. The molecule has 14 heavy (non-hydrogen) atoms. The van der Waals surface area contributed by atoms with E-state index in [1.165, 1.54) is 13.0 Å². The Morgan fingerprint density at radius 1 is 1.57 bits per heavy atom. The van der Waals surface area contributed by atoms with Crippen molar-refractivity contribution in [2.45, 2.75) is 31.0 Å². The fourth-order valence-corrected chi connectivity index (χ4v) is 2.19. The average Bonchev–Trinajstić information content (AvgIpc) is 2.65. The van der Waals surface area contributed by atoms with Crippen LogP contribution >= 0.6 is 12.6 Å². The Bertz CT molecular complexity index is 300. The predicted octanol–water partition coefficient (Wildman–Crippen LogP) is 0.619. The molecule has 2 heterocycles. The van der Waals surface area contributed by atoms with Gasteiger partial charge in [0.15, 0.2) is 0 Å². The van der Waals surface area contributed by atoms with E-state index in [-0.39, 0.29) is 0 Å². The van der Waals surface area contributed by atoms with Crippen LogP contribution in [0.4, 0.5) is 0 Å². The first-order valence-electron chi connectivity index (χ1n) is 5.00. The van der Waals surface area contributed by atoms with Gasteiger partial charge in [0.05, 0.1) is 6.04 Å². The second-order valence-corrected chi connectivity index (χ2v) is 4.01. The summed E-state index contributed by atoms with van der Waals surface area (Å²) in [6.45, 7) is 5.51. The largest absolute Gasteiger partial charge is 0.301 e. The number of hydrogen-bond donors (Lipinski definition) is 1. The summed E-state index contributed by atoms with van der Waals surface area (Å²) >= 11 is 4.23. The highest BCUT2D eigenvalue weighted by Crippen LogP contribution is 2.21. The standard InChI is InChI=1S/C8H15N5S/c1-2-12-5-3-4-7(6-12)13-8(14)9-10-11-13/h7H,2-6H2,1H3,(H,9,11,14). The Morgan fingerprint density at radius 2 is 2.43 bits per heavy atom. The number of likely N-dealkylation sites (tertiary alicyclic amines) is 1. The molecule has 1 aromatic rings. The maximum atomic E-state index is 4.23. The van der Waals surface area contributed by atoms with Gasteiger partial charge in [-0.05, 0) is 36.4 Å². The first-order chi connectivity index (χ1) is 6.81. The maximum absolute atomic E-state index is 4.23. The predicted molar refractivity (Wildman–Crippen MR) is 55.5 cm³/mol. The van der Waals surface area contributed by atoms with Crippen molar-refractivity contribution in [2.75, 3.05) is 19.6 Å². The fraction of sp³-hybridized carbons (Fsp3) is 0.875. The zero-order chi connectivity index (χ0) is 9.97. The normalized spacial score (nSPS) is 24.0. The number of nitrogens with zero attached hydrogens (tertiary/aromatic N) is 5. The molecule has 0 aliphatic carbocycles. The van der Waals surface area contributed by atoms with Crippen LogP contribution in [0.2, 0.25) is 0 Å². The monoisotopic (exact) mass is 213 g/mol. The Kier molecular flexibility index (Phi) is 3.02. The number of hydrogen-bond acceptors (Lipinski definition) is 5. The molecule has 0 spiro atoms. The van der Waals surface area contributed by atoms with Gasteiger partial charge in [0, 0.05) is 6.54 Å². The SMILES string of the molecule is CCN1CCCC(n2nnnc2S)C1. The highest BCUT2D eigenvalue weighted by Gasteiger charge is 2.22. The van der Waals surface area contributed by atoms with E-state index >= 15 is 0 Å². The summed E-state index contributed by atoms with van der Waals surface area (Å²) in [6, 6.07) is 0.395. The van der Waals surface area contributed by atoms with Crippen LogP contribution in [-0.2, 0) is 0 Å². The van der Waals surface area contributed by atoms with Gasteiger partial charge in [0.25, 0.3) is 0 Å². The smallest absolute Gasteiger partial charge is 0.206 e. The van der Waals surface area contributed by atoms with Crippen molar-refractivity contribution in [3.05, 3.63) is 0 Å². The minimum absolute atomic E-state index is 0.395. The molecule has 0 bridgehead atoms. The van der Waals surface area contributed by atoms with Gasteiger partial charge in [0.2, 0.25) is 5.16 Å². The number of piperidine rings is 1. The molecule has 0 aromatic carbocycles. The first-order valence-corrected chi connectivity index (χ1v) is 5.45. The van der Waals surface area contributed by atoms with Crippen LogP contribution in [0.25, 0.3) is 0 Å². The van der Waals surface area contributed by atoms with Crippen molar-refractivity contribution in [1.29, 1.82) is 0 Å². The summed E-state index contributed by atoms with van der Waals surface area (Å²) in [6.07, 6.45) is 2.36. The highest BCUT2D eigenvalue weighted by atomic mass is 32.1. The summed E-state index contributed by atoms with van der Waals surface area (Å²) in [5.41, 5.74) is 0. The van der Waals surface area contributed by atoms with E-state index in [0.717, 1.165) is 19.5 Å². The molecule has 0 N–H and O–H groups in total. The molecule has 1 fully saturated rings. The quantitative estimate of drug-likeness (QED) is 0.732. The third-order valence-electron chi connectivity index (χ3n) is 2.75. The van der Waals surface area contributed by atoms with E-state index < -0.39 is 0 Å². The van der Waals surface area contributed by atoms with Crippen molar-refractivity contribution in [3.63, 3.8) is 0 Å². The van der Waals surface area contributed by atoms with E-state index in [4.69, 9.17) is 0 Å². The van der Waals surface area contributed by atoms with Gasteiger partial charge in [-0.25, -0.2) is 4.68 Å². The molecule has 0 saturated carbocycles. The zero-order valence-electron chi connectivity index (χ0n) is 8.30. The lowest BCUT2D eigenvalue weighted by Gasteiger charge is -2.31. The minimum atomic E-state index is 0.395. The minimum Gasteiger partial charge on any atom is -0.301 e. The maximum Gasteiger partial charge on any atom is 0.206 e. The van der Waals surface area contributed by atoms with Gasteiger partial charge < -0.3 is 4.90 Å². The van der Waals surface area contributed by atoms with E-state index in [1.54, 1.807) is 0 Å². The molecule has 1 aromatic heterocycles. The molecule has 1 saturated heterocycles. The van der Waals surface area contributed by atoms with Gasteiger partial charge in [-0.1, -0.05) is 6.92 Å². The molecule has 1 unspecified atom stereocenters. The number of aromatic nitrogens is 4. The second-order valence-electron chi connectivity index (χ2n) is 3.61. The Balaban J connectivity index is 2.08. The number of likely N-dealkylation sites (N-methyl/N-ethyl adjacent to an activating group) is 1. The van der Waals surface area contributed by atoms with Crippen molar-refractivity contribution < 1.29 is 0 Å². The lowest BCUT2D eigenvalue weighted by Crippen LogP contribution is -2.36. The molecule has 1 aliphatic rings. The van der Waals surface area contributed by atoms with Crippen LogP contribution in [0.3, 0.4) is 0 Å². The summed E-state index contributed by atoms with van der Waals surface area (Å²) in [7, 11) is 0. The topological polar surface area (TPSA) is 46.8 Å². The third kappa shape index (κ3) is 1.90. The molecular formula is C8H15N5S. The Morgan fingerprint density at radius 3 is 3.07 bits per heavy atom. The van der Waals surface area contributed by atoms with Crippen LogP contribution in [0.1, 0.15) is 25.8 Å². The van der Waals surface area contributed by atoms with E-state index in [9.17, 15) is 0 Å². The molecule has 78 valence electrons. The molecule has 1 aliphatic heterocycles. The van der Waals surface area contributed by atoms with E-state index in [2.05, 4.69) is 40.0 Å². The van der Waals surface area contributed by atoms with Crippen molar-refractivity contribution in [3.8, 4) is 0 Å². The summed E-state index contributed by atoms with van der Waals surface area (Å²) in [5.74, 6) is 0. The Labute approximate surface area is 88.9 Å². The van der Waals surface area contributed by atoms with E-state index in [0.29, 0.717) is 11.2 Å². The number of tetrazole rings is 1. The molecule has 0 amide bonds. The highest BCUT2D eigenvalue weighted by molar-refractivity contribution is 7.80. The molecule has 2 rings (SSSR count). The molecule has 0 radical (unpaired) electrons.